The number of rotatable bonds is 5. The van der Waals surface area contributed by atoms with Gasteiger partial charge in [-0.05, 0) is 38.3 Å². The second kappa shape index (κ2) is 6.29. The molecule has 4 heteroatoms. The monoisotopic (exact) mass is 291 g/mol. The summed E-state index contributed by atoms with van der Waals surface area (Å²) in [5.41, 5.74) is 1.91. The van der Waals surface area contributed by atoms with Crippen LogP contribution in [0.4, 0.5) is 5.69 Å². The van der Waals surface area contributed by atoms with E-state index in [0.29, 0.717) is 0 Å². The highest BCUT2D eigenvalue weighted by Crippen LogP contribution is 2.33. The van der Waals surface area contributed by atoms with Gasteiger partial charge in [0, 0.05) is 19.2 Å². The molecule has 1 atom stereocenters. The average Bonchev–Trinajstić information content (AvgIpc) is 2.37. The van der Waals surface area contributed by atoms with Gasteiger partial charge in [0.15, 0.2) is 0 Å². The molecule has 0 saturated heterocycles. The summed E-state index contributed by atoms with van der Waals surface area (Å²) in [4.78, 5) is 25.5. The summed E-state index contributed by atoms with van der Waals surface area (Å²) in [5.74, 6) is -1.23. The van der Waals surface area contributed by atoms with Gasteiger partial charge in [-0.2, -0.15) is 0 Å². The number of carboxylic acids is 1. The molecule has 0 spiro atoms. The molecule has 4 nitrogen and oxygen atoms in total. The Bertz CT molecular complexity index is 551. The third kappa shape index (κ3) is 3.63. The number of carbonyl (C=O) groups excluding carboxylic acids is 1. The molecule has 0 saturated carbocycles. The number of aryl methyl sites for hydroxylation is 2. The number of aliphatic carboxylic acids is 1. The average molecular weight is 291 g/mol. The molecule has 1 N–H and O–H groups in total. The Morgan fingerprint density at radius 2 is 1.86 bits per heavy atom. The standard InChI is InChI=1S/C17H25NO3/c1-11(2)17(5,16(20)21)10-15(19)18(6)14-8-7-12(3)9-13(14)4/h7-9,11H,10H2,1-6H3,(H,20,21). The molecule has 116 valence electrons. The zero-order valence-electron chi connectivity index (χ0n) is 13.7. The maximum atomic E-state index is 12.5. The Labute approximate surface area is 126 Å². The van der Waals surface area contributed by atoms with Gasteiger partial charge in [-0.25, -0.2) is 0 Å². The molecule has 0 heterocycles. The van der Waals surface area contributed by atoms with Crippen LogP contribution in [0.15, 0.2) is 18.2 Å². The smallest absolute Gasteiger partial charge is 0.310 e. The van der Waals surface area contributed by atoms with E-state index in [1.807, 2.05) is 45.9 Å². The van der Waals surface area contributed by atoms with E-state index in [9.17, 15) is 14.7 Å². The Morgan fingerprint density at radius 3 is 2.29 bits per heavy atom. The van der Waals surface area contributed by atoms with E-state index in [0.717, 1.165) is 16.8 Å². The molecule has 21 heavy (non-hydrogen) atoms. The summed E-state index contributed by atoms with van der Waals surface area (Å²) in [6.07, 6.45) is -0.0101. The van der Waals surface area contributed by atoms with E-state index in [1.165, 1.54) is 0 Å². The molecular formula is C17H25NO3. The molecule has 0 radical (unpaired) electrons. The SMILES string of the molecule is Cc1ccc(N(C)C(=O)CC(C)(C(=O)O)C(C)C)c(C)c1. The van der Waals surface area contributed by atoms with Gasteiger partial charge in [-0.3, -0.25) is 9.59 Å². The summed E-state index contributed by atoms with van der Waals surface area (Å²) in [5, 5.41) is 9.42. The van der Waals surface area contributed by atoms with Crippen LogP contribution in [0.2, 0.25) is 0 Å². The second-order valence-electron chi connectivity index (χ2n) is 6.30. The van der Waals surface area contributed by atoms with Crippen LogP contribution in [-0.2, 0) is 9.59 Å². The maximum Gasteiger partial charge on any atom is 0.310 e. The lowest BCUT2D eigenvalue weighted by molar-refractivity contribution is -0.153. The van der Waals surface area contributed by atoms with Crippen molar-refractivity contribution >= 4 is 17.6 Å². The van der Waals surface area contributed by atoms with E-state index in [4.69, 9.17) is 0 Å². The molecule has 0 aliphatic rings. The van der Waals surface area contributed by atoms with Crippen LogP contribution in [0.3, 0.4) is 0 Å². The number of nitrogens with zero attached hydrogens (tertiary/aromatic N) is 1. The van der Waals surface area contributed by atoms with E-state index < -0.39 is 11.4 Å². The third-order valence-corrected chi connectivity index (χ3v) is 4.37. The Kier molecular flexibility index (Phi) is 5.15. The quantitative estimate of drug-likeness (QED) is 0.904. The summed E-state index contributed by atoms with van der Waals surface area (Å²) in [7, 11) is 1.70. The zero-order chi connectivity index (χ0) is 16.4. The summed E-state index contributed by atoms with van der Waals surface area (Å²) in [6, 6.07) is 5.86. The zero-order valence-corrected chi connectivity index (χ0v) is 13.7. The summed E-state index contributed by atoms with van der Waals surface area (Å²) < 4.78 is 0. The van der Waals surface area contributed by atoms with Crippen molar-refractivity contribution in [3.63, 3.8) is 0 Å². The fourth-order valence-corrected chi connectivity index (χ4v) is 2.28. The van der Waals surface area contributed by atoms with Crippen molar-refractivity contribution < 1.29 is 14.7 Å². The molecule has 1 amide bonds. The van der Waals surface area contributed by atoms with E-state index in [1.54, 1.807) is 18.9 Å². The molecule has 0 fully saturated rings. The van der Waals surface area contributed by atoms with Gasteiger partial charge in [-0.15, -0.1) is 0 Å². The van der Waals surface area contributed by atoms with Crippen molar-refractivity contribution in [3.05, 3.63) is 29.3 Å². The first-order chi connectivity index (χ1) is 9.59. The van der Waals surface area contributed by atoms with Crippen LogP contribution in [-0.4, -0.2) is 24.0 Å². The minimum atomic E-state index is -1.05. The number of hydrogen-bond acceptors (Lipinski definition) is 2. The first-order valence-corrected chi connectivity index (χ1v) is 7.16. The molecular weight excluding hydrogens is 266 g/mol. The lowest BCUT2D eigenvalue weighted by atomic mass is 9.76. The van der Waals surface area contributed by atoms with Crippen molar-refractivity contribution in [1.29, 1.82) is 0 Å². The number of hydrogen-bond donors (Lipinski definition) is 1. The van der Waals surface area contributed by atoms with E-state index >= 15 is 0 Å². The first-order valence-electron chi connectivity index (χ1n) is 7.16. The highest BCUT2D eigenvalue weighted by molar-refractivity contribution is 5.96. The van der Waals surface area contributed by atoms with Gasteiger partial charge in [0.1, 0.15) is 0 Å². The van der Waals surface area contributed by atoms with Crippen molar-refractivity contribution in [2.75, 3.05) is 11.9 Å². The molecule has 0 bridgehead atoms. The van der Waals surface area contributed by atoms with Crippen LogP contribution in [0.5, 0.6) is 0 Å². The lowest BCUT2D eigenvalue weighted by Gasteiger charge is -2.30. The minimum absolute atomic E-state index is 0.0101. The Hall–Kier alpha value is -1.84. The lowest BCUT2D eigenvalue weighted by Crippen LogP contribution is -2.40. The third-order valence-electron chi connectivity index (χ3n) is 4.37. The molecule has 0 aliphatic heterocycles. The topological polar surface area (TPSA) is 57.6 Å². The van der Waals surface area contributed by atoms with Gasteiger partial charge in [-0.1, -0.05) is 31.5 Å². The van der Waals surface area contributed by atoms with E-state index in [2.05, 4.69) is 0 Å². The fourth-order valence-electron chi connectivity index (χ4n) is 2.28. The largest absolute Gasteiger partial charge is 0.481 e. The Balaban J connectivity index is 3.00. The maximum absolute atomic E-state index is 12.5. The number of carbonyl (C=O) groups is 2. The van der Waals surface area contributed by atoms with Gasteiger partial charge < -0.3 is 10.0 Å². The second-order valence-corrected chi connectivity index (χ2v) is 6.30. The van der Waals surface area contributed by atoms with Crippen LogP contribution in [0.25, 0.3) is 0 Å². The highest BCUT2D eigenvalue weighted by atomic mass is 16.4. The summed E-state index contributed by atoms with van der Waals surface area (Å²) in [6.45, 7) is 9.24. The van der Waals surface area contributed by atoms with Crippen LogP contribution >= 0.6 is 0 Å². The normalized spacial score (nSPS) is 13.9. The molecule has 1 aromatic carbocycles. The van der Waals surface area contributed by atoms with E-state index in [-0.39, 0.29) is 18.2 Å². The number of benzene rings is 1. The van der Waals surface area contributed by atoms with Crippen LogP contribution < -0.4 is 4.90 Å². The molecule has 1 unspecified atom stereocenters. The summed E-state index contributed by atoms with van der Waals surface area (Å²) >= 11 is 0. The number of carboxylic acid groups (broad SMARTS) is 1. The van der Waals surface area contributed by atoms with Crippen molar-refractivity contribution in [1.82, 2.24) is 0 Å². The number of amides is 1. The van der Waals surface area contributed by atoms with Gasteiger partial charge >= 0.3 is 5.97 Å². The first kappa shape index (κ1) is 17.2. The molecule has 1 rings (SSSR count). The van der Waals surface area contributed by atoms with Crippen molar-refractivity contribution in [3.8, 4) is 0 Å². The fraction of sp³-hybridized carbons (Fsp3) is 0.529. The predicted molar refractivity (Wildman–Crippen MR) is 84.5 cm³/mol. The van der Waals surface area contributed by atoms with Crippen LogP contribution in [0, 0.1) is 25.2 Å². The highest BCUT2D eigenvalue weighted by Gasteiger charge is 2.39. The predicted octanol–water partition coefficient (Wildman–Crippen LogP) is 3.40. The van der Waals surface area contributed by atoms with Gasteiger partial charge in [0.05, 0.1) is 5.41 Å². The van der Waals surface area contributed by atoms with Crippen LogP contribution in [0.1, 0.15) is 38.3 Å². The molecule has 0 aliphatic carbocycles. The Morgan fingerprint density at radius 1 is 1.29 bits per heavy atom. The molecule has 0 aromatic heterocycles. The van der Waals surface area contributed by atoms with Crippen molar-refractivity contribution in [2.45, 2.75) is 41.0 Å². The van der Waals surface area contributed by atoms with Gasteiger partial charge in [0.25, 0.3) is 0 Å². The molecule has 1 aromatic rings. The van der Waals surface area contributed by atoms with Crippen molar-refractivity contribution in [2.24, 2.45) is 11.3 Å². The van der Waals surface area contributed by atoms with Gasteiger partial charge in [0.2, 0.25) is 5.91 Å². The minimum Gasteiger partial charge on any atom is -0.481 e. The number of anilines is 1.